The summed E-state index contributed by atoms with van der Waals surface area (Å²) >= 11 is 12.0. The molecule has 1 aliphatic rings. The van der Waals surface area contributed by atoms with Gasteiger partial charge in [-0.05, 0) is 60.1 Å². The van der Waals surface area contributed by atoms with E-state index in [0.717, 1.165) is 31.6 Å². The SMILES string of the molecule is Fc1ccc(C[C@H]2COC[C@@H]2Cc2ccc(Cl)c(Cl)c2)cc1. The molecule has 3 rings (SSSR count). The molecule has 0 N–H and O–H groups in total. The van der Waals surface area contributed by atoms with Gasteiger partial charge in [0, 0.05) is 0 Å². The van der Waals surface area contributed by atoms with E-state index >= 15 is 0 Å². The molecule has 2 atom stereocenters. The minimum atomic E-state index is -0.196. The summed E-state index contributed by atoms with van der Waals surface area (Å²) in [6.07, 6.45) is 1.83. The van der Waals surface area contributed by atoms with E-state index in [0.29, 0.717) is 21.9 Å². The topological polar surface area (TPSA) is 9.23 Å². The van der Waals surface area contributed by atoms with Gasteiger partial charge in [0.05, 0.1) is 23.3 Å². The van der Waals surface area contributed by atoms with E-state index in [2.05, 4.69) is 0 Å². The smallest absolute Gasteiger partial charge is 0.123 e. The summed E-state index contributed by atoms with van der Waals surface area (Å²) in [4.78, 5) is 0. The van der Waals surface area contributed by atoms with Gasteiger partial charge in [-0.2, -0.15) is 0 Å². The van der Waals surface area contributed by atoms with Gasteiger partial charge in [-0.25, -0.2) is 4.39 Å². The van der Waals surface area contributed by atoms with E-state index in [4.69, 9.17) is 27.9 Å². The van der Waals surface area contributed by atoms with E-state index in [9.17, 15) is 4.39 Å². The normalized spacial score (nSPS) is 21.2. The average Bonchev–Trinajstić information content (AvgIpc) is 2.92. The van der Waals surface area contributed by atoms with Crippen molar-refractivity contribution in [1.82, 2.24) is 0 Å². The predicted molar refractivity (Wildman–Crippen MR) is 88.1 cm³/mol. The summed E-state index contributed by atoms with van der Waals surface area (Å²) in [5.41, 5.74) is 2.32. The van der Waals surface area contributed by atoms with Crippen molar-refractivity contribution in [2.45, 2.75) is 12.8 Å². The molecule has 1 saturated heterocycles. The molecule has 0 bridgehead atoms. The van der Waals surface area contributed by atoms with Crippen LogP contribution in [0.3, 0.4) is 0 Å². The summed E-state index contributed by atoms with van der Waals surface area (Å²) < 4.78 is 18.6. The summed E-state index contributed by atoms with van der Waals surface area (Å²) in [7, 11) is 0. The van der Waals surface area contributed by atoms with E-state index in [-0.39, 0.29) is 5.82 Å². The van der Waals surface area contributed by atoms with Crippen molar-refractivity contribution in [3.63, 3.8) is 0 Å². The Morgan fingerprint density at radius 2 is 1.45 bits per heavy atom. The Labute approximate surface area is 140 Å². The first-order valence-corrected chi connectivity index (χ1v) is 8.13. The zero-order valence-electron chi connectivity index (χ0n) is 12.1. The number of benzene rings is 2. The third kappa shape index (κ3) is 3.81. The summed E-state index contributed by atoms with van der Waals surface area (Å²) in [5.74, 6) is 0.695. The molecule has 22 heavy (non-hydrogen) atoms. The quantitative estimate of drug-likeness (QED) is 0.746. The van der Waals surface area contributed by atoms with Gasteiger partial charge in [-0.1, -0.05) is 41.4 Å². The maximum atomic E-state index is 13.0. The lowest BCUT2D eigenvalue weighted by Crippen LogP contribution is -2.17. The third-order valence-corrected chi connectivity index (χ3v) is 4.96. The number of halogens is 3. The molecule has 116 valence electrons. The van der Waals surface area contributed by atoms with Crippen molar-refractivity contribution in [2.75, 3.05) is 13.2 Å². The van der Waals surface area contributed by atoms with Crippen LogP contribution in [0.25, 0.3) is 0 Å². The first kappa shape index (κ1) is 15.8. The third-order valence-electron chi connectivity index (χ3n) is 4.22. The van der Waals surface area contributed by atoms with Crippen molar-refractivity contribution in [3.05, 3.63) is 69.5 Å². The van der Waals surface area contributed by atoms with E-state index < -0.39 is 0 Å². The van der Waals surface area contributed by atoms with Crippen molar-refractivity contribution in [2.24, 2.45) is 11.8 Å². The minimum Gasteiger partial charge on any atom is -0.381 e. The number of rotatable bonds is 4. The van der Waals surface area contributed by atoms with Crippen LogP contribution in [-0.4, -0.2) is 13.2 Å². The Kier molecular flexibility index (Phi) is 5.02. The molecular formula is C18H17Cl2FO. The first-order valence-electron chi connectivity index (χ1n) is 7.38. The Morgan fingerprint density at radius 1 is 0.864 bits per heavy atom. The van der Waals surface area contributed by atoms with E-state index in [1.807, 2.05) is 30.3 Å². The molecule has 0 aromatic heterocycles. The Bertz CT molecular complexity index is 642. The molecule has 1 aliphatic heterocycles. The highest BCUT2D eigenvalue weighted by Gasteiger charge is 2.28. The molecule has 2 aromatic carbocycles. The van der Waals surface area contributed by atoms with Crippen LogP contribution in [0.4, 0.5) is 4.39 Å². The van der Waals surface area contributed by atoms with Crippen molar-refractivity contribution in [3.8, 4) is 0 Å². The van der Waals surface area contributed by atoms with Gasteiger partial charge in [0.25, 0.3) is 0 Å². The molecule has 4 heteroatoms. The molecular weight excluding hydrogens is 322 g/mol. The van der Waals surface area contributed by atoms with Gasteiger partial charge in [0.15, 0.2) is 0 Å². The summed E-state index contributed by atoms with van der Waals surface area (Å²) in [6, 6.07) is 12.5. The molecule has 0 saturated carbocycles. The zero-order valence-corrected chi connectivity index (χ0v) is 13.6. The second-order valence-corrected chi connectivity index (χ2v) is 6.66. The zero-order chi connectivity index (χ0) is 15.5. The lowest BCUT2D eigenvalue weighted by Gasteiger charge is -2.18. The highest BCUT2D eigenvalue weighted by molar-refractivity contribution is 6.42. The molecule has 0 radical (unpaired) electrons. The summed E-state index contributed by atoms with van der Waals surface area (Å²) in [6.45, 7) is 1.51. The molecule has 1 nitrogen and oxygen atoms in total. The highest BCUT2D eigenvalue weighted by atomic mass is 35.5. The molecule has 2 aromatic rings. The van der Waals surface area contributed by atoms with Gasteiger partial charge in [0.2, 0.25) is 0 Å². The van der Waals surface area contributed by atoms with Crippen LogP contribution in [0.1, 0.15) is 11.1 Å². The van der Waals surface area contributed by atoms with E-state index in [1.165, 1.54) is 17.7 Å². The molecule has 0 unspecified atom stereocenters. The van der Waals surface area contributed by atoms with Crippen LogP contribution in [0.5, 0.6) is 0 Å². The van der Waals surface area contributed by atoms with Gasteiger partial charge in [0.1, 0.15) is 5.82 Å². The molecule has 1 fully saturated rings. The molecule has 1 heterocycles. The van der Waals surface area contributed by atoms with Gasteiger partial charge in [-0.3, -0.25) is 0 Å². The standard InChI is InChI=1S/C18H17Cl2FO/c19-17-6-3-13(9-18(17)20)8-15-11-22-10-14(15)7-12-1-4-16(21)5-2-12/h1-6,9,14-15H,7-8,10-11H2/t14-,15-/m0/s1. The maximum Gasteiger partial charge on any atom is 0.123 e. The lowest BCUT2D eigenvalue weighted by molar-refractivity contribution is 0.180. The second-order valence-electron chi connectivity index (χ2n) is 5.84. The highest BCUT2D eigenvalue weighted by Crippen LogP contribution is 2.30. The van der Waals surface area contributed by atoms with Crippen LogP contribution in [0.15, 0.2) is 42.5 Å². The molecule has 0 spiro atoms. The average molecular weight is 339 g/mol. The Balaban J connectivity index is 1.67. The van der Waals surface area contributed by atoms with Crippen molar-refractivity contribution < 1.29 is 9.13 Å². The van der Waals surface area contributed by atoms with Crippen LogP contribution < -0.4 is 0 Å². The van der Waals surface area contributed by atoms with Crippen LogP contribution >= 0.6 is 23.2 Å². The van der Waals surface area contributed by atoms with Crippen LogP contribution in [0.2, 0.25) is 10.0 Å². The second kappa shape index (κ2) is 6.99. The van der Waals surface area contributed by atoms with Crippen LogP contribution in [0, 0.1) is 17.7 Å². The fourth-order valence-electron chi connectivity index (χ4n) is 2.99. The van der Waals surface area contributed by atoms with Crippen molar-refractivity contribution in [1.29, 1.82) is 0 Å². The predicted octanol–water partition coefficient (Wildman–Crippen LogP) is 5.18. The van der Waals surface area contributed by atoms with Gasteiger partial charge in [-0.15, -0.1) is 0 Å². The number of hydrogen-bond donors (Lipinski definition) is 0. The van der Waals surface area contributed by atoms with Gasteiger partial charge >= 0.3 is 0 Å². The molecule has 0 aliphatic carbocycles. The van der Waals surface area contributed by atoms with Gasteiger partial charge < -0.3 is 4.74 Å². The number of ether oxygens (including phenoxy) is 1. The van der Waals surface area contributed by atoms with E-state index in [1.54, 1.807) is 0 Å². The van der Waals surface area contributed by atoms with Crippen molar-refractivity contribution >= 4 is 23.2 Å². The minimum absolute atomic E-state index is 0.196. The van der Waals surface area contributed by atoms with Crippen LogP contribution in [-0.2, 0) is 17.6 Å². The number of hydrogen-bond acceptors (Lipinski definition) is 1. The fourth-order valence-corrected chi connectivity index (χ4v) is 3.31. The molecule has 0 amide bonds. The first-order chi connectivity index (χ1) is 10.6. The Hall–Kier alpha value is -1.09. The largest absolute Gasteiger partial charge is 0.381 e. The Morgan fingerprint density at radius 3 is 2.09 bits per heavy atom. The monoisotopic (exact) mass is 338 g/mol. The lowest BCUT2D eigenvalue weighted by atomic mass is 9.85. The fraction of sp³-hybridized carbons (Fsp3) is 0.333. The summed E-state index contributed by atoms with van der Waals surface area (Å²) in [5, 5.41) is 1.17. The maximum absolute atomic E-state index is 13.0.